The largest absolute Gasteiger partial charge is 0.355 e. The predicted molar refractivity (Wildman–Crippen MR) is 104 cm³/mol. The van der Waals surface area contributed by atoms with E-state index < -0.39 is 5.54 Å². The molecule has 0 radical (unpaired) electrons. The Labute approximate surface area is 160 Å². The molecule has 0 bridgehead atoms. The van der Waals surface area contributed by atoms with Crippen molar-refractivity contribution in [3.8, 4) is 0 Å². The molecule has 2 aliphatic heterocycles. The van der Waals surface area contributed by atoms with Crippen LogP contribution in [-0.4, -0.2) is 83.4 Å². The van der Waals surface area contributed by atoms with Crippen LogP contribution in [0.3, 0.4) is 0 Å². The first-order valence-electron chi connectivity index (χ1n) is 9.49. The van der Waals surface area contributed by atoms with Gasteiger partial charge < -0.3 is 20.0 Å². The Morgan fingerprint density at radius 2 is 1.93 bits per heavy atom. The molecule has 1 aromatic rings. The van der Waals surface area contributed by atoms with Crippen molar-refractivity contribution in [2.75, 3.05) is 45.2 Å². The third-order valence-corrected chi connectivity index (χ3v) is 5.84. The summed E-state index contributed by atoms with van der Waals surface area (Å²) in [6, 6.07) is 0.476. The molecule has 1 N–H and O–H groups in total. The number of anilines is 1. The number of hydrogen-bond donors (Lipinski definition) is 1. The van der Waals surface area contributed by atoms with Gasteiger partial charge in [-0.2, -0.15) is 0 Å². The molecule has 27 heavy (non-hydrogen) atoms. The SMILES string of the molecule is Cc1nc(C(=O)N2CCNC(=O)C2(C)C)nc(N2CC[C@@H](N(C)C)C2)c1C. The number of rotatable bonds is 3. The molecule has 0 unspecified atom stereocenters. The Morgan fingerprint density at radius 3 is 2.56 bits per heavy atom. The number of hydrogen-bond acceptors (Lipinski definition) is 6. The van der Waals surface area contributed by atoms with E-state index >= 15 is 0 Å². The van der Waals surface area contributed by atoms with E-state index in [1.165, 1.54) is 0 Å². The highest BCUT2D eigenvalue weighted by molar-refractivity contribution is 5.97. The van der Waals surface area contributed by atoms with Crippen LogP contribution in [0.25, 0.3) is 0 Å². The summed E-state index contributed by atoms with van der Waals surface area (Å²) in [5.74, 6) is 0.556. The van der Waals surface area contributed by atoms with Crippen LogP contribution in [0.1, 0.15) is 42.1 Å². The lowest BCUT2D eigenvalue weighted by Gasteiger charge is -2.40. The number of nitrogens with one attached hydrogen (secondary N) is 1. The molecule has 2 saturated heterocycles. The van der Waals surface area contributed by atoms with Gasteiger partial charge in [0.05, 0.1) is 0 Å². The van der Waals surface area contributed by atoms with Gasteiger partial charge in [0.1, 0.15) is 11.4 Å². The summed E-state index contributed by atoms with van der Waals surface area (Å²) in [4.78, 5) is 40.5. The lowest BCUT2D eigenvalue weighted by molar-refractivity contribution is -0.133. The molecule has 3 heterocycles. The fraction of sp³-hybridized carbons (Fsp3) is 0.684. The van der Waals surface area contributed by atoms with Crippen molar-refractivity contribution >= 4 is 17.6 Å². The highest BCUT2D eigenvalue weighted by Gasteiger charge is 2.42. The molecule has 8 nitrogen and oxygen atoms in total. The third kappa shape index (κ3) is 3.50. The quantitative estimate of drug-likeness (QED) is 0.834. The summed E-state index contributed by atoms with van der Waals surface area (Å²) in [6.07, 6.45) is 1.07. The van der Waals surface area contributed by atoms with Crippen molar-refractivity contribution in [2.24, 2.45) is 0 Å². The fourth-order valence-corrected chi connectivity index (χ4v) is 3.75. The second-order valence-electron chi connectivity index (χ2n) is 8.21. The molecule has 1 atom stereocenters. The zero-order valence-electron chi connectivity index (χ0n) is 17.2. The van der Waals surface area contributed by atoms with Crippen LogP contribution in [0.15, 0.2) is 0 Å². The third-order valence-electron chi connectivity index (χ3n) is 5.84. The van der Waals surface area contributed by atoms with E-state index in [1.54, 1.807) is 18.7 Å². The smallest absolute Gasteiger partial charge is 0.292 e. The van der Waals surface area contributed by atoms with Crippen molar-refractivity contribution in [2.45, 2.75) is 45.7 Å². The van der Waals surface area contributed by atoms with Gasteiger partial charge in [0, 0.05) is 43.5 Å². The van der Waals surface area contributed by atoms with Gasteiger partial charge in [-0.25, -0.2) is 9.97 Å². The van der Waals surface area contributed by atoms with Crippen molar-refractivity contribution in [3.63, 3.8) is 0 Å². The zero-order valence-corrected chi connectivity index (χ0v) is 17.2. The molecule has 0 spiro atoms. The van der Waals surface area contributed by atoms with E-state index in [4.69, 9.17) is 0 Å². The highest BCUT2D eigenvalue weighted by Crippen LogP contribution is 2.26. The zero-order chi connectivity index (χ0) is 19.9. The van der Waals surface area contributed by atoms with Crippen LogP contribution in [0, 0.1) is 13.8 Å². The van der Waals surface area contributed by atoms with Crippen LogP contribution in [0.5, 0.6) is 0 Å². The van der Waals surface area contributed by atoms with E-state index in [9.17, 15) is 9.59 Å². The maximum atomic E-state index is 13.2. The molecule has 2 aliphatic rings. The number of nitrogens with zero attached hydrogens (tertiary/aromatic N) is 5. The van der Waals surface area contributed by atoms with Gasteiger partial charge in [0.2, 0.25) is 11.7 Å². The van der Waals surface area contributed by atoms with E-state index in [1.807, 2.05) is 13.8 Å². The minimum Gasteiger partial charge on any atom is -0.355 e. The van der Waals surface area contributed by atoms with Crippen molar-refractivity contribution in [3.05, 3.63) is 17.1 Å². The van der Waals surface area contributed by atoms with Gasteiger partial charge in [-0.3, -0.25) is 9.59 Å². The summed E-state index contributed by atoms with van der Waals surface area (Å²) in [5.41, 5.74) is 0.888. The van der Waals surface area contributed by atoms with Gasteiger partial charge >= 0.3 is 0 Å². The number of aromatic nitrogens is 2. The average molecular weight is 374 g/mol. The number of carbonyl (C=O) groups excluding carboxylic acids is 2. The van der Waals surface area contributed by atoms with E-state index in [0.717, 1.165) is 36.6 Å². The molecule has 3 rings (SSSR count). The Bertz CT molecular complexity index is 761. The monoisotopic (exact) mass is 374 g/mol. The number of likely N-dealkylation sites (N-methyl/N-ethyl adjacent to an activating group) is 1. The first-order chi connectivity index (χ1) is 12.6. The number of carbonyl (C=O) groups is 2. The Balaban J connectivity index is 1.92. The van der Waals surface area contributed by atoms with E-state index in [-0.39, 0.29) is 17.6 Å². The van der Waals surface area contributed by atoms with E-state index in [0.29, 0.717) is 19.1 Å². The van der Waals surface area contributed by atoms with E-state index in [2.05, 4.69) is 39.2 Å². The Kier molecular flexibility index (Phi) is 5.12. The van der Waals surface area contributed by atoms with Gasteiger partial charge in [0.15, 0.2) is 0 Å². The van der Waals surface area contributed by atoms with Gasteiger partial charge in [-0.1, -0.05) is 0 Å². The minimum atomic E-state index is -0.915. The van der Waals surface area contributed by atoms with Crippen LogP contribution >= 0.6 is 0 Å². The first-order valence-corrected chi connectivity index (χ1v) is 9.49. The van der Waals surface area contributed by atoms with Crippen LogP contribution in [0.2, 0.25) is 0 Å². The van der Waals surface area contributed by atoms with Crippen LogP contribution in [-0.2, 0) is 4.79 Å². The van der Waals surface area contributed by atoms with Crippen molar-refractivity contribution in [1.29, 1.82) is 0 Å². The molecule has 0 saturated carbocycles. The molecule has 8 heteroatoms. The number of piperazine rings is 1. The van der Waals surface area contributed by atoms with Gasteiger partial charge in [-0.05, 0) is 48.2 Å². The molecule has 148 valence electrons. The summed E-state index contributed by atoms with van der Waals surface area (Å²) in [7, 11) is 4.18. The normalized spacial score (nSPS) is 22.3. The lowest BCUT2D eigenvalue weighted by Crippen LogP contribution is -2.63. The minimum absolute atomic E-state index is 0.153. The van der Waals surface area contributed by atoms with Crippen LogP contribution < -0.4 is 10.2 Å². The van der Waals surface area contributed by atoms with Gasteiger partial charge in [-0.15, -0.1) is 0 Å². The molecule has 2 fully saturated rings. The standard InChI is InChI=1S/C19H30N6O2/c1-12-13(2)21-15(17(26)25-10-8-20-18(27)19(25,3)4)22-16(12)24-9-7-14(11-24)23(5)6/h14H,7-11H2,1-6H3,(H,20,27)/t14-/m1/s1. The highest BCUT2D eigenvalue weighted by atomic mass is 16.2. The van der Waals surface area contributed by atoms with Crippen molar-refractivity contribution < 1.29 is 9.59 Å². The van der Waals surface area contributed by atoms with Gasteiger partial charge in [0.25, 0.3) is 5.91 Å². The Hall–Kier alpha value is -2.22. The maximum absolute atomic E-state index is 13.2. The summed E-state index contributed by atoms with van der Waals surface area (Å²) < 4.78 is 0. The second kappa shape index (κ2) is 7.07. The fourth-order valence-electron chi connectivity index (χ4n) is 3.75. The molecular weight excluding hydrogens is 344 g/mol. The summed E-state index contributed by atoms with van der Waals surface area (Å²) in [5, 5.41) is 2.81. The summed E-state index contributed by atoms with van der Waals surface area (Å²) in [6.45, 7) is 10.1. The number of aryl methyl sites for hydroxylation is 1. The molecule has 0 aromatic carbocycles. The van der Waals surface area contributed by atoms with Crippen molar-refractivity contribution in [1.82, 2.24) is 25.1 Å². The predicted octanol–water partition coefficient (Wildman–Crippen LogP) is 0.584. The summed E-state index contributed by atoms with van der Waals surface area (Å²) >= 11 is 0. The van der Waals surface area contributed by atoms with Crippen LogP contribution in [0.4, 0.5) is 5.82 Å². The molecular formula is C19H30N6O2. The molecule has 1 aromatic heterocycles. The second-order valence-corrected chi connectivity index (χ2v) is 8.21. The lowest BCUT2D eigenvalue weighted by atomic mass is 9.98. The Morgan fingerprint density at radius 1 is 1.22 bits per heavy atom. The molecule has 2 amide bonds. The number of amides is 2. The maximum Gasteiger partial charge on any atom is 0.292 e. The first kappa shape index (κ1) is 19.5. The average Bonchev–Trinajstić information content (AvgIpc) is 3.09. The topological polar surface area (TPSA) is 81.7 Å². The molecule has 0 aliphatic carbocycles.